The maximum Gasteiger partial charge on any atom is 0.128 e. The van der Waals surface area contributed by atoms with Crippen molar-refractivity contribution in [2.45, 2.75) is 90.0 Å². The first-order valence-electron chi connectivity index (χ1n) is 30.1. The average Bonchev–Trinajstić information content (AvgIpc) is 1.72. The van der Waals surface area contributed by atoms with Crippen LogP contribution < -0.4 is 0 Å². The van der Waals surface area contributed by atoms with Gasteiger partial charge in [0.2, 0.25) is 0 Å². The molecule has 0 atom stereocenters. The van der Waals surface area contributed by atoms with Gasteiger partial charge in [-0.15, -0.1) is 0 Å². The molecule has 14 nitrogen and oxygen atoms in total. The SMILES string of the molecule is Cc1ccc(C)cc1.Cc1ccc2ccccc2c1.Cc1cccc2ccccc12.Cc1ccccc1.Cc1ccccn1.Cc1cccnc1.Cc1ccncc1.Cc1ccncn1.Cc1cnccn1.Cc1cncnc1.Cc1ncccn1.Cc1ncncn1. The predicted molar refractivity (Wildman–Crippen MR) is 383 cm³/mol. The third-order valence-corrected chi connectivity index (χ3v) is 12.0. The van der Waals surface area contributed by atoms with Crippen molar-refractivity contribution in [3.05, 3.63) is 373 Å². The van der Waals surface area contributed by atoms with Gasteiger partial charge in [-0.05, 0) is 176 Å². The van der Waals surface area contributed by atoms with E-state index in [2.05, 4.69) is 226 Å². The molecule has 8 heterocycles. The fourth-order valence-corrected chi connectivity index (χ4v) is 6.96. The van der Waals surface area contributed by atoms with Gasteiger partial charge in [0.15, 0.2) is 0 Å². The van der Waals surface area contributed by atoms with Crippen LogP contribution in [0.2, 0.25) is 0 Å². The van der Waals surface area contributed by atoms with E-state index in [4.69, 9.17) is 0 Å². The molecular formula is C79H88N14. The van der Waals surface area contributed by atoms with Gasteiger partial charge >= 0.3 is 0 Å². The summed E-state index contributed by atoms with van der Waals surface area (Å²) in [6, 6.07) is 65.9. The maximum atomic E-state index is 3.98. The molecule has 0 aliphatic heterocycles. The van der Waals surface area contributed by atoms with E-state index >= 15 is 0 Å². The van der Waals surface area contributed by atoms with Crippen LogP contribution in [0.3, 0.4) is 0 Å². The molecule has 0 aliphatic carbocycles. The van der Waals surface area contributed by atoms with Crippen molar-refractivity contribution in [1.82, 2.24) is 69.8 Å². The van der Waals surface area contributed by atoms with Gasteiger partial charge in [0, 0.05) is 91.9 Å². The van der Waals surface area contributed by atoms with Gasteiger partial charge in [0.25, 0.3) is 0 Å². The molecule has 14 aromatic rings. The predicted octanol–water partition coefficient (Wildman–Crippen LogP) is 18.1. The van der Waals surface area contributed by atoms with Gasteiger partial charge in [0.1, 0.15) is 37.0 Å². The van der Waals surface area contributed by atoms with Crippen molar-refractivity contribution in [1.29, 1.82) is 0 Å². The molecule has 0 N–H and O–H groups in total. The normalized spacial score (nSPS) is 9.13. The minimum atomic E-state index is 0.759. The smallest absolute Gasteiger partial charge is 0.128 e. The third-order valence-electron chi connectivity index (χ3n) is 12.0. The third kappa shape index (κ3) is 40.0. The molecular weight excluding hydrogens is 1140 g/mol. The second kappa shape index (κ2) is 48.5. The molecule has 474 valence electrons. The molecule has 14 heteroatoms. The number of pyridine rings is 3. The lowest BCUT2D eigenvalue weighted by Gasteiger charge is -1.98. The standard InChI is InChI=1S/2C11H10.C8H10.C7H8.3C6H7N.4C5H6N2.C4H5N3/c1-9-5-4-7-10-6-2-3-8-11(9)10;1-9-6-7-10-4-2-3-5-11(10)8-9;1-7-3-5-8(2)6-4-7;1-7-5-3-2-4-6-7;1-6-2-4-7-5-3-6;1-6-3-2-4-7-5-6;1-6-4-2-3-5-7-6;1-5-2-6-4-7-3-5;1-5-4-6-2-3-7-5;1-5-2-3-6-4-7-5;1-5-6-3-2-4-7-5;1-4-6-2-5-3-7-4/h2*2-8H,1H3;3-6H,1-2H3;2-6H,1H3;3*2-5H,1H3;4*2-4H,1H3;2-3H,1H3. The first-order valence-corrected chi connectivity index (χ1v) is 30.1. The van der Waals surface area contributed by atoms with Gasteiger partial charge in [-0.2, -0.15) is 0 Å². The Kier molecular flexibility index (Phi) is 39.6. The number of benzene rings is 6. The molecule has 6 aromatic carbocycles. The summed E-state index contributed by atoms with van der Waals surface area (Å²) < 4.78 is 0. The molecule has 0 aliphatic rings. The van der Waals surface area contributed by atoms with Crippen LogP contribution in [-0.2, 0) is 0 Å². The van der Waals surface area contributed by atoms with Gasteiger partial charge in [-0.1, -0.05) is 174 Å². The average molecular weight is 1230 g/mol. The fourth-order valence-electron chi connectivity index (χ4n) is 6.96. The number of nitrogens with zero attached hydrogens (tertiary/aromatic N) is 14. The summed E-state index contributed by atoms with van der Waals surface area (Å²) in [7, 11) is 0. The van der Waals surface area contributed by atoms with E-state index in [1.807, 2.05) is 128 Å². The van der Waals surface area contributed by atoms with Crippen molar-refractivity contribution in [3.8, 4) is 0 Å². The van der Waals surface area contributed by atoms with Crippen molar-refractivity contribution in [3.63, 3.8) is 0 Å². The van der Waals surface area contributed by atoms with Crippen molar-refractivity contribution in [2.75, 3.05) is 0 Å². The van der Waals surface area contributed by atoms with Crippen LogP contribution in [0.5, 0.6) is 0 Å². The zero-order chi connectivity index (χ0) is 67.4. The van der Waals surface area contributed by atoms with E-state index in [1.165, 1.54) is 85.8 Å². The van der Waals surface area contributed by atoms with Crippen molar-refractivity contribution < 1.29 is 0 Å². The highest BCUT2D eigenvalue weighted by Crippen LogP contribution is 2.17. The maximum absolute atomic E-state index is 3.98. The minimum absolute atomic E-state index is 0.759. The van der Waals surface area contributed by atoms with Crippen LogP contribution in [0.15, 0.2) is 300 Å². The molecule has 0 radical (unpaired) electrons. The van der Waals surface area contributed by atoms with Gasteiger partial charge in [0.05, 0.1) is 5.69 Å². The Bertz CT molecular complexity index is 3450. The lowest BCUT2D eigenvalue weighted by molar-refractivity contribution is 0.974. The van der Waals surface area contributed by atoms with E-state index in [0.717, 1.165) is 34.3 Å². The summed E-state index contributed by atoms with van der Waals surface area (Å²) in [5.74, 6) is 1.58. The quantitative estimate of drug-likeness (QED) is 0.140. The number of aromatic nitrogens is 14. The zero-order valence-corrected chi connectivity index (χ0v) is 56.1. The molecule has 0 saturated heterocycles. The Balaban J connectivity index is 0.000000266. The monoisotopic (exact) mass is 1230 g/mol. The molecule has 0 saturated carbocycles. The van der Waals surface area contributed by atoms with E-state index in [1.54, 1.807) is 80.4 Å². The summed E-state index contributed by atoms with van der Waals surface area (Å²) >= 11 is 0. The summed E-state index contributed by atoms with van der Waals surface area (Å²) in [5.41, 5.74) is 13.3. The number of hydrogen-bond acceptors (Lipinski definition) is 14. The largest absolute Gasteiger partial charge is 0.265 e. The van der Waals surface area contributed by atoms with E-state index < -0.39 is 0 Å². The highest BCUT2D eigenvalue weighted by atomic mass is 15.0. The molecule has 14 rings (SSSR count). The van der Waals surface area contributed by atoms with E-state index in [-0.39, 0.29) is 0 Å². The number of hydrogen-bond donors (Lipinski definition) is 0. The summed E-state index contributed by atoms with van der Waals surface area (Å²) in [5, 5.41) is 5.33. The molecule has 0 amide bonds. The van der Waals surface area contributed by atoms with Crippen LogP contribution in [0.25, 0.3) is 21.5 Å². The van der Waals surface area contributed by atoms with Crippen LogP contribution in [0, 0.1) is 90.0 Å². The minimum Gasteiger partial charge on any atom is -0.265 e. The Labute approximate surface area is 551 Å². The highest BCUT2D eigenvalue weighted by Gasteiger charge is 1.93. The van der Waals surface area contributed by atoms with Gasteiger partial charge in [-0.3, -0.25) is 24.9 Å². The number of rotatable bonds is 0. The zero-order valence-electron chi connectivity index (χ0n) is 56.1. The molecule has 8 aromatic heterocycles. The van der Waals surface area contributed by atoms with E-state index in [0.29, 0.717) is 0 Å². The van der Waals surface area contributed by atoms with E-state index in [9.17, 15) is 0 Å². The first-order chi connectivity index (χ1) is 45.1. The molecule has 0 bridgehead atoms. The number of fused-ring (bicyclic) bond motifs is 2. The molecule has 0 unspecified atom stereocenters. The second-order valence-electron chi connectivity index (χ2n) is 20.6. The first kappa shape index (κ1) is 75.9. The Morgan fingerprint density at radius 2 is 0.699 bits per heavy atom. The van der Waals surface area contributed by atoms with Crippen LogP contribution >= 0.6 is 0 Å². The highest BCUT2D eigenvalue weighted by molar-refractivity contribution is 5.85. The molecule has 0 spiro atoms. The van der Waals surface area contributed by atoms with Crippen LogP contribution in [-0.4, -0.2) is 69.8 Å². The summed E-state index contributed by atoms with van der Waals surface area (Å²) in [6.07, 6.45) is 28.7. The second-order valence-corrected chi connectivity index (χ2v) is 20.6. The van der Waals surface area contributed by atoms with Gasteiger partial charge < -0.3 is 0 Å². The summed E-state index contributed by atoms with van der Waals surface area (Å²) in [6.45, 7) is 26.1. The van der Waals surface area contributed by atoms with Crippen molar-refractivity contribution in [2.24, 2.45) is 0 Å². The number of aryl methyl sites for hydroxylation is 13. The Hall–Kier alpha value is -11.4. The molecule has 0 fully saturated rings. The van der Waals surface area contributed by atoms with Crippen LogP contribution in [0.1, 0.15) is 73.2 Å². The lowest BCUT2D eigenvalue weighted by Crippen LogP contribution is -1.84. The van der Waals surface area contributed by atoms with Crippen LogP contribution in [0.4, 0.5) is 0 Å². The Morgan fingerprint density at radius 3 is 1.10 bits per heavy atom. The summed E-state index contributed by atoms with van der Waals surface area (Å²) in [4.78, 5) is 53.5. The lowest BCUT2D eigenvalue weighted by atomic mass is 10.1. The molecule has 93 heavy (non-hydrogen) atoms. The van der Waals surface area contributed by atoms with Gasteiger partial charge in [-0.25, -0.2) is 44.9 Å². The fraction of sp³-hybridized carbons (Fsp3) is 0.165. The topological polar surface area (TPSA) is 180 Å². The van der Waals surface area contributed by atoms with Crippen molar-refractivity contribution >= 4 is 21.5 Å². The Morgan fingerprint density at radius 1 is 0.204 bits per heavy atom.